The molecule has 9 nitrogen and oxygen atoms in total. The van der Waals surface area contributed by atoms with Crippen molar-refractivity contribution in [2.24, 2.45) is 0 Å². The molecular formula is C29H39FN4O5. The maximum absolute atomic E-state index is 15.3. The standard InChI is InChI=1S/C29H39FN4O5/c1-18-9-10-22-24(34(18)28(36)37-5)12-11-21(26(22)38-20-7-6-8-20)19-15-31-33(16-19)25-13-14-32(17-23(25)30)27(35)39-29(2,3)4/h11-12,15-16,18,20,23,25H,6-10,13-14,17H2,1-5H3/t18?,23-,25+/m0/s1. The third kappa shape index (κ3) is 5.56. The van der Waals surface area contributed by atoms with Gasteiger partial charge in [0.15, 0.2) is 0 Å². The molecule has 1 aromatic heterocycles. The minimum atomic E-state index is -1.27. The van der Waals surface area contributed by atoms with Gasteiger partial charge >= 0.3 is 12.2 Å². The molecule has 1 aromatic carbocycles. The zero-order valence-electron chi connectivity index (χ0n) is 23.5. The van der Waals surface area contributed by atoms with Crippen LogP contribution in [0.15, 0.2) is 24.5 Å². The van der Waals surface area contributed by atoms with Gasteiger partial charge in [0.2, 0.25) is 0 Å². The van der Waals surface area contributed by atoms with Crippen molar-refractivity contribution >= 4 is 17.9 Å². The van der Waals surface area contributed by atoms with Crippen molar-refractivity contribution < 1.29 is 28.2 Å². The fraction of sp³-hybridized carbons (Fsp3) is 0.621. The van der Waals surface area contributed by atoms with Crippen LogP contribution in [0.5, 0.6) is 5.75 Å². The fourth-order valence-corrected chi connectivity index (χ4v) is 5.54. The van der Waals surface area contributed by atoms with Gasteiger partial charge in [-0.25, -0.2) is 14.0 Å². The largest absolute Gasteiger partial charge is 0.489 e. The molecular weight excluding hydrogens is 503 g/mol. The van der Waals surface area contributed by atoms with Gasteiger partial charge in [0, 0.05) is 35.5 Å². The van der Waals surface area contributed by atoms with E-state index in [1.807, 2.05) is 25.3 Å². The van der Waals surface area contributed by atoms with Crippen LogP contribution in [-0.2, 0) is 15.9 Å². The number of fused-ring (bicyclic) bond motifs is 1. The van der Waals surface area contributed by atoms with Crippen LogP contribution in [0.25, 0.3) is 11.1 Å². The van der Waals surface area contributed by atoms with Crippen molar-refractivity contribution in [3.05, 3.63) is 30.1 Å². The number of methoxy groups -OCH3 is 1. The fourth-order valence-electron chi connectivity index (χ4n) is 5.54. The Balaban J connectivity index is 1.41. The molecule has 0 radical (unpaired) electrons. The summed E-state index contributed by atoms with van der Waals surface area (Å²) in [6.07, 6.45) is 6.74. The van der Waals surface area contributed by atoms with Crippen molar-refractivity contribution in [1.82, 2.24) is 14.7 Å². The number of carbonyl (C=O) groups is 2. The van der Waals surface area contributed by atoms with E-state index in [1.54, 1.807) is 36.5 Å². The smallest absolute Gasteiger partial charge is 0.414 e. The Morgan fingerprint density at radius 2 is 1.87 bits per heavy atom. The van der Waals surface area contributed by atoms with Crippen LogP contribution >= 0.6 is 0 Å². The molecule has 39 heavy (non-hydrogen) atoms. The normalized spacial score (nSPS) is 23.6. The van der Waals surface area contributed by atoms with Crippen molar-refractivity contribution in [1.29, 1.82) is 0 Å². The van der Waals surface area contributed by atoms with Crippen LogP contribution in [-0.4, -0.2) is 71.0 Å². The number of halogens is 1. The summed E-state index contributed by atoms with van der Waals surface area (Å²) in [5.41, 5.74) is 2.88. The van der Waals surface area contributed by atoms with E-state index >= 15 is 4.39 Å². The Bertz CT molecular complexity index is 1220. The number of hydrogen-bond donors (Lipinski definition) is 0. The molecule has 2 amide bonds. The second-order valence-corrected chi connectivity index (χ2v) is 11.8. The third-order valence-corrected chi connectivity index (χ3v) is 7.87. The maximum Gasteiger partial charge on any atom is 0.414 e. The minimum Gasteiger partial charge on any atom is -0.489 e. The lowest BCUT2D eigenvalue weighted by molar-refractivity contribution is 0.00575. The van der Waals surface area contributed by atoms with Gasteiger partial charge in [-0.15, -0.1) is 0 Å². The van der Waals surface area contributed by atoms with Gasteiger partial charge in [0.05, 0.1) is 37.7 Å². The van der Waals surface area contributed by atoms with E-state index in [4.69, 9.17) is 14.2 Å². The number of piperidine rings is 1. The van der Waals surface area contributed by atoms with Crippen LogP contribution < -0.4 is 9.64 Å². The van der Waals surface area contributed by atoms with E-state index in [1.165, 1.54) is 12.0 Å². The molecule has 2 aliphatic heterocycles. The lowest BCUT2D eigenvalue weighted by Gasteiger charge is -2.37. The lowest BCUT2D eigenvalue weighted by Crippen LogP contribution is -2.47. The highest BCUT2D eigenvalue weighted by Crippen LogP contribution is 2.45. The molecule has 1 aliphatic carbocycles. The van der Waals surface area contributed by atoms with Crippen molar-refractivity contribution in [3.63, 3.8) is 0 Å². The van der Waals surface area contributed by atoms with Crippen LogP contribution in [0, 0.1) is 0 Å². The van der Waals surface area contributed by atoms with Gasteiger partial charge in [-0.3, -0.25) is 9.58 Å². The maximum atomic E-state index is 15.3. The predicted molar refractivity (Wildman–Crippen MR) is 145 cm³/mol. The highest BCUT2D eigenvalue weighted by atomic mass is 19.1. The van der Waals surface area contributed by atoms with E-state index in [9.17, 15) is 9.59 Å². The molecule has 0 bridgehead atoms. The molecule has 3 atom stereocenters. The first-order valence-corrected chi connectivity index (χ1v) is 13.9. The lowest BCUT2D eigenvalue weighted by atomic mass is 9.91. The quantitative estimate of drug-likeness (QED) is 0.478. The Morgan fingerprint density at radius 3 is 2.51 bits per heavy atom. The van der Waals surface area contributed by atoms with Crippen LogP contribution in [0.2, 0.25) is 0 Å². The number of hydrogen-bond acceptors (Lipinski definition) is 6. The summed E-state index contributed by atoms with van der Waals surface area (Å²) in [4.78, 5) is 28.2. The summed E-state index contributed by atoms with van der Waals surface area (Å²) >= 11 is 0. The van der Waals surface area contributed by atoms with Crippen molar-refractivity contribution in [3.8, 4) is 16.9 Å². The van der Waals surface area contributed by atoms with Crippen LogP contribution in [0.1, 0.15) is 71.4 Å². The van der Waals surface area contributed by atoms with Gasteiger partial charge in [-0.05, 0) is 78.4 Å². The SMILES string of the molecule is COC(=O)N1c2ccc(-c3cnn([C@@H]4CCN(C(=O)OC(C)(C)C)C[C@@H]4F)c3)c(OC3CCC3)c2CCC1C. The number of nitrogens with zero attached hydrogens (tertiary/aromatic N) is 4. The first-order chi connectivity index (χ1) is 18.6. The number of ether oxygens (including phenoxy) is 3. The second kappa shape index (κ2) is 10.7. The number of alkyl halides is 1. The van der Waals surface area contributed by atoms with Gasteiger partial charge in [0.25, 0.3) is 0 Å². The highest BCUT2D eigenvalue weighted by molar-refractivity contribution is 5.92. The Labute approximate surface area is 229 Å². The molecule has 0 N–H and O–H groups in total. The summed E-state index contributed by atoms with van der Waals surface area (Å²) in [7, 11) is 1.40. The minimum absolute atomic E-state index is 0.0168. The number of benzene rings is 1. The highest BCUT2D eigenvalue weighted by Gasteiger charge is 2.36. The summed E-state index contributed by atoms with van der Waals surface area (Å²) in [5, 5.41) is 4.53. The summed E-state index contributed by atoms with van der Waals surface area (Å²) in [5.74, 6) is 0.772. The Kier molecular flexibility index (Phi) is 7.48. The first kappa shape index (κ1) is 27.3. The van der Waals surface area contributed by atoms with E-state index in [-0.39, 0.29) is 24.8 Å². The zero-order valence-corrected chi connectivity index (χ0v) is 23.5. The molecule has 5 rings (SSSR count). The van der Waals surface area contributed by atoms with Gasteiger partial charge < -0.3 is 19.1 Å². The van der Waals surface area contributed by atoms with Gasteiger partial charge in [-0.1, -0.05) is 0 Å². The van der Waals surface area contributed by atoms with Gasteiger partial charge in [-0.2, -0.15) is 5.10 Å². The molecule has 212 valence electrons. The zero-order chi connectivity index (χ0) is 27.9. The number of rotatable bonds is 4. The topological polar surface area (TPSA) is 86.1 Å². The summed E-state index contributed by atoms with van der Waals surface area (Å²) in [6.45, 7) is 7.77. The molecule has 3 heterocycles. The second-order valence-electron chi connectivity index (χ2n) is 11.8. The monoisotopic (exact) mass is 542 g/mol. The number of amides is 2. The Hall–Kier alpha value is -3.30. The molecule has 1 saturated carbocycles. The number of carbonyl (C=O) groups excluding carboxylic acids is 2. The van der Waals surface area contributed by atoms with Crippen molar-refractivity contribution in [2.75, 3.05) is 25.1 Å². The van der Waals surface area contributed by atoms with E-state index < -0.39 is 23.9 Å². The average Bonchev–Trinajstić information content (AvgIpc) is 3.34. The molecule has 3 aliphatic rings. The Morgan fingerprint density at radius 1 is 1.10 bits per heavy atom. The molecule has 2 aromatic rings. The van der Waals surface area contributed by atoms with E-state index in [0.717, 1.165) is 60.2 Å². The molecule has 0 spiro atoms. The summed E-state index contributed by atoms with van der Waals surface area (Å²) < 4.78 is 34.0. The third-order valence-electron chi connectivity index (χ3n) is 7.87. The number of likely N-dealkylation sites (tertiary alicyclic amines) is 1. The number of anilines is 1. The first-order valence-electron chi connectivity index (χ1n) is 13.9. The molecule has 2 fully saturated rings. The molecule has 10 heteroatoms. The molecule has 1 saturated heterocycles. The van der Waals surface area contributed by atoms with Crippen LogP contribution in [0.3, 0.4) is 0 Å². The van der Waals surface area contributed by atoms with E-state index in [2.05, 4.69) is 5.10 Å². The number of aromatic nitrogens is 2. The summed E-state index contributed by atoms with van der Waals surface area (Å²) in [6, 6.07) is 3.43. The van der Waals surface area contributed by atoms with Gasteiger partial charge in [0.1, 0.15) is 17.5 Å². The van der Waals surface area contributed by atoms with Crippen molar-refractivity contribution in [2.45, 2.75) is 96.2 Å². The molecule has 1 unspecified atom stereocenters. The predicted octanol–water partition coefficient (Wildman–Crippen LogP) is 5.91. The van der Waals surface area contributed by atoms with E-state index in [0.29, 0.717) is 13.0 Å². The average molecular weight is 543 g/mol. The van der Waals surface area contributed by atoms with Crippen LogP contribution in [0.4, 0.5) is 19.7 Å².